The maximum absolute atomic E-state index is 12.2. The number of carbonyl (C=O) groups excluding carboxylic acids is 1. The summed E-state index contributed by atoms with van der Waals surface area (Å²) >= 11 is 1.79. The van der Waals surface area contributed by atoms with E-state index in [1.165, 1.54) is 4.88 Å². The highest BCUT2D eigenvalue weighted by atomic mass is 32.1. The highest BCUT2D eigenvalue weighted by Gasteiger charge is 2.30. The van der Waals surface area contributed by atoms with Gasteiger partial charge in [0.15, 0.2) is 5.96 Å². The summed E-state index contributed by atoms with van der Waals surface area (Å²) in [5.41, 5.74) is 0. The van der Waals surface area contributed by atoms with Gasteiger partial charge in [-0.05, 0) is 37.3 Å². The molecule has 1 aliphatic heterocycles. The Balaban J connectivity index is 1.67. The first-order valence-corrected chi connectivity index (χ1v) is 10.3. The molecule has 0 saturated carbocycles. The van der Waals surface area contributed by atoms with Crippen LogP contribution < -0.4 is 10.6 Å². The van der Waals surface area contributed by atoms with Crippen molar-refractivity contribution in [2.75, 3.05) is 47.3 Å². The molecule has 0 radical (unpaired) electrons. The fourth-order valence-electron chi connectivity index (χ4n) is 3.30. The first kappa shape index (κ1) is 20.7. The number of nitrogens with zero attached hydrogens (tertiary/aromatic N) is 3. The predicted molar refractivity (Wildman–Crippen MR) is 110 cm³/mol. The Morgan fingerprint density at radius 3 is 2.92 bits per heavy atom. The van der Waals surface area contributed by atoms with Crippen LogP contribution in [0.5, 0.6) is 0 Å². The van der Waals surface area contributed by atoms with Crippen LogP contribution in [-0.4, -0.2) is 75.0 Å². The van der Waals surface area contributed by atoms with Gasteiger partial charge in [-0.1, -0.05) is 13.0 Å². The van der Waals surface area contributed by atoms with E-state index in [1.807, 2.05) is 14.1 Å². The molecule has 2 unspecified atom stereocenters. The van der Waals surface area contributed by atoms with E-state index in [9.17, 15) is 4.79 Å². The Kier molecular flexibility index (Phi) is 8.38. The van der Waals surface area contributed by atoms with Gasteiger partial charge < -0.3 is 15.5 Å². The fourth-order valence-corrected chi connectivity index (χ4v) is 4.09. The normalized spacial score (nSPS) is 19.4. The molecular formula is C19H33N5OS. The van der Waals surface area contributed by atoms with Crippen LogP contribution in [-0.2, 0) is 4.79 Å². The molecule has 2 N–H and O–H groups in total. The molecule has 1 aromatic rings. The summed E-state index contributed by atoms with van der Waals surface area (Å²) in [7, 11) is 5.48. The summed E-state index contributed by atoms with van der Waals surface area (Å²) in [5.74, 6) is 1.54. The van der Waals surface area contributed by atoms with Gasteiger partial charge in [0.2, 0.25) is 5.91 Å². The Bertz CT molecular complexity index is 572. The Morgan fingerprint density at radius 1 is 1.46 bits per heavy atom. The van der Waals surface area contributed by atoms with Crippen molar-refractivity contribution in [2.45, 2.75) is 38.1 Å². The number of carbonyl (C=O) groups is 1. The summed E-state index contributed by atoms with van der Waals surface area (Å²) in [5, 5.41) is 8.90. The topological polar surface area (TPSA) is 60.0 Å². The van der Waals surface area contributed by atoms with Crippen LogP contribution in [0.1, 0.15) is 37.0 Å². The molecule has 2 heterocycles. The van der Waals surface area contributed by atoms with Gasteiger partial charge >= 0.3 is 0 Å². The molecule has 1 fully saturated rings. The molecule has 7 heteroatoms. The number of rotatable bonds is 8. The van der Waals surface area contributed by atoms with Gasteiger partial charge in [-0.3, -0.25) is 14.7 Å². The lowest BCUT2D eigenvalue weighted by atomic mass is 10.1. The minimum absolute atomic E-state index is 0.0640. The maximum Gasteiger partial charge on any atom is 0.239 e. The number of hydrogen-bond donors (Lipinski definition) is 2. The number of likely N-dealkylation sites (N-methyl/N-ethyl adjacent to an activating group) is 1. The number of amides is 1. The first-order valence-electron chi connectivity index (χ1n) is 9.46. The summed E-state index contributed by atoms with van der Waals surface area (Å²) in [6.45, 7) is 5.91. The molecule has 1 amide bonds. The highest BCUT2D eigenvalue weighted by Crippen LogP contribution is 2.20. The SMILES string of the molecule is CN=C(NCCCN1CCCC1C(=O)N(C)C)NCC(C)c1cccs1. The third kappa shape index (κ3) is 5.99. The average Bonchev–Trinajstić information content (AvgIpc) is 3.31. The molecule has 0 bridgehead atoms. The van der Waals surface area contributed by atoms with Gasteiger partial charge in [0.1, 0.15) is 0 Å². The van der Waals surface area contributed by atoms with Gasteiger partial charge in [0.25, 0.3) is 0 Å². The van der Waals surface area contributed by atoms with Crippen LogP contribution >= 0.6 is 11.3 Å². The monoisotopic (exact) mass is 379 g/mol. The van der Waals surface area contributed by atoms with Crippen molar-refractivity contribution < 1.29 is 4.79 Å². The lowest BCUT2D eigenvalue weighted by Gasteiger charge is -2.26. The van der Waals surface area contributed by atoms with E-state index in [-0.39, 0.29) is 11.9 Å². The molecule has 1 aliphatic rings. The Hall–Kier alpha value is -1.60. The van der Waals surface area contributed by atoms with Crippen molar-refractivity contribution in [3.63, 3.8) is 0 Å². The van der Waals surface area contributed by atoms with Gasteiger partial charge in [-0.15, -0.1) is 11.3 Å². The number of nitrogens with one attached hydrogen (secondary N) is 2. The third-order valence-electron chi connectivity index (χ3n) is 4.83. The molecule has 6 nitrogen and oxygen atoms in total. The second-order valence-electron chi connectivity index (χ2n) is 7.08. The van der Waals surface area contributed by atoms with E-state index in [4.69, 9.17) is 0 Å². The average molecular weight is 380 g/mol. The molecule has 0 aliphatic carbocycles. The van der Waals surface area contributed by atoms with Crippen molar-refractivity contribution >= 4 is 23.2 Å². The Labute approximate surface area is 161 Å². The molecule has 1 saturated heterocycles. The zero-order valence-electron chi connectivity index (χ0n) is 16.5. The second kappa shape index (κ2) is 10.5. The summed E-state index contributed by atoms with van der Waals surface area (Å²) in [6, 6.07) is 4.33. The molecule has 2 rings (SSSR count). The minimum Gasteiger partial charge on any atom is -0.356 e. The van der Waals surface area contributed by atoms with Gasteiger partial charge in [-0.25, -0.2) is 0 Å². The van der Waals surface area contributed by atoms with Crippen LogP contribution in [0.4, 0.5) is 0 Å². The minimum atomic E-state index is 0.0640. The first-order chi connectivity index (χ1) is 12.5. The molecule has 0 spiro atoms. The molecule has 1 aromatic heterocycles. The third-order valence-corrected chi connectivity index (χ3v) is 5.94. The number of guanidine groups is 1. The van der Waals surface area contributed by atoms with E-state index >= 15 is 0 Å². The molecular weight excluding hydrogens is 346 g/mol. The molecule has 0 aromatic carbocycles. The summed E-state index contributed by atoms with van der Waals surface area (Å²) in [4.78, 5) is 21.9. The van der Waals surface area contributed by atoms with Gasteiger partial charge in [0, 0.05) is 51.6 Å². The van der Waals surface area contributed by atoms with Crippen molar-refractivity contribution in [1.29, 1.82) is 0 Å². The summed E-state index contributed by atoms with van der Waals surface area (Å²) < 4.78 is 0. The maximum atomic E-state index is 12.2. The van der Waals surface area contributed by atoms with Crippen molar-refractivity contribution in [2.24, 2.45) is 4.99 Å². The lowest BCUT2D eigenvalue weighted by molar-refractivity contribution is -0.133. The van der Waals surface area contributed by atoms with Crippen LogP contribution in [0.3, 0.4) is 0 Å². The molecule has 146 valence electrons. The van der Waals surface area contributed by atoms with E-state index in [2.05, 4.69) is 45.0 Å². The number of aliphatic imine (C=N–C) groups is 1. The molecule has 26 heavy (non-hydrogen) atoms. The number of likely N-dealkylation sites (tertiary alicyclic amines) is 1. The smallest absolute Gasteiger partial charge is 0.239 e. The predicted octanol–water partition coefficient (Wildman–Crippen LogP) is 1.96. The Morgan fingerprint density at radius 2 is 2.27 bits per heavy atom. The fraction of sp³-hybridized carbons (Fsp3) is 0.684. The number of thiophene rings is 1. The zero-order chi connectivity index (χ0) is 18.9. The van der Waals surface area contributed by atoms with Crippen molar-refractivity contribution in [3.05, 3.63) is 22.4 Å². The quantitative estimate of drug-likeness (QED) is 0.412. The lowest BCUT2D eigenvalue weighted by Crippen LogP contribution is -2.44. The van der Waals surface area contributed by atoms with Crippen molar-refractivity contribution in [1.82, 2.24) is 20.4 Å². The van der Waals surface area contributed by atoms with Crippen LogP contribution in [0, 0.1) is 0 Å². The largest absolute Gasteiger partial charge is 0.356 e. The van der Waals surface area contributed by atoms with E-state index < -0.39 is 0 Å². The highest BCUT2D eigenvalue weighted by molar-refractivity contribution is 7.10. The van der Waals surface area contributed by atoms with Crippen LogP contribution in [0.25, 0.3) is 0 Å². The van der Waals surface area contributed by atoms with Gasteiger partial charge in [-0.2, -0.15) is 0 Å². The van der Waals surface area contributed by atoms with Gasteiger partial charge in [0.05, 0.1) is 6.04 Å². The zero-order valence-corrected chi connectivity index (χ0v) is 17.3. The number of hydrogen-bond acceptors (Lipinski definition) is 4. The van der Waals surface area contributed by atoms with E-state index in [1.54, 1.807) is 23.3 Å². The van der Waals surface area contributed by atoms with Crippen molar-refractivity contribution in [3.8, 4) is 0 Å². The van der Waals surface area contributed by atoms with Crippen LogP contribution in [0.2, 0.25) is 0 Å². The van der Waals surface area contributed by atoms with E-state index in [0.29, 0.717) is 5.92 Å². The molecule has 2 atom stereocenters. The van der Waals surface area contributed by atoms with Crippen LogP contribution in [0.15, 0.2) is 22.5 Å². The summed E-state index contributed by atoms with van der Waals surface area (Å²) in [6.07, 6.45) is 3.09. The van der Waals surface area contributed by atoms with E-state index in [0.717, 1.165) is 51.4 Å². The second-order valence-corrected chi connectivity index (χ2v) is 8.06. The standard InChI is InChI=1S/C19H33N5OS/c1-15(17-9-6-13-26-17)14-22-19(20-2)21-10-7-12-24-11-5-8-16(24)18(25)23(3)4/h6,9,13,15-16H,5,7-8,10-12,14H2,1-4H3,(H2,20,21,22).